The van der Waals surface area contributed by atoms with Gasteiger partial charge in [-0.25, -0.2) is 0 Å². The number of aliphatic carboxylic acids is 1. The van der Waals surface area contributed by atoms with Crippen LogP contribution in [0.25, 0.3) is 0 Å². The van der Waals surface area contributed by atoms with Crippen LogP contribution in [0.2, 0.25) is 3.43 Å². The van der Waals surface area contributed by atoms with Crippen LogP contribution in [0, 0.1) is 6.92 Å². The van der Waals surface area contributed by atoms with E-state index in [0.717, 1.165) is 19.8 Å². The first kappa shape index (κ1) is 19.5. The maximum absolute atomic E-state index is 9.00. The number of hydrogen-bond donors (Lipinski definition) is 2. The predicted molar refractivity (Wildman–Crippen MR) is 74.3 cm³/mol. The van der Waals surface area contributed by atoms with Crippen LogP contribution in [-0.4, -0.2) is 29.9 Å². The Hall–Kier alpha value is -0.455. The second-order valence-corrected chi connectivity index (χ2v) is 8.79. The Kier molecular flexibility index (Phi) is 11.0. The summed E-state index contributed by atoms with van der Waals surface area (Å²) in [6.45, 7) is 3.47. The average Bonchev–Trinajstić information content (AvgIpc) is 2.38. The molecular formula is C15H23HgO4. The third kappa shape index (κ3) is 8.66. The van der Waals surface area contributed by atoms with Gasteiger partial charge < -0.3 is 5.11 Å². The molecule has 2 atom stereocenters. The summed E-state index contributed by atoms with van der Waals surface area (Å²) in [5, 5.41) is 16.3. The number of aliphatic hydroxyl groups is 1. The first-order valence-corrected chi connectivity index (χ1v) is 9.82. The average molecular weight is 468 g/mol. The van der Waals surface area contributed by atoms with Gasteiger partial charge in [0.25, 0.3) is 5.97 Å². The Morgan fingerprint density at radius 1 is 1.35 bits per heavy atom. The van der Waals surface area contributed by atoms with E-state index in [2.05, 4.69) is 31.2 Å². The van der Waals surface area contributed by atoms with Crippen LogP contribution in [0.5, 0.6) is 0 Å². The molecule has 1 rings (SSSR count). The third-order valence-electron chi connectivity index (χ3n) is 2.82. The van der Waals surface area contributed by atoms with Gasteiger partial charge in [-0.3, -0.25) is 4.79 Å². The molecule has 1 aromatic rings. The molecule has 0 aliphatic heterocycles. The number of aliphatic hydroxyl groups excluding tert-OH is 1. The number of methoxy groups -OCH3 is 1. The third-order valence-corrected chi connectivity index (χ3v) is 6.07. The van der Waals surface area contributed by atoms with Crippen LogP contribution < -0.4 is 0 Å². The molecule has 0 saturated carbocycles. The van der Waals surface area contributed by atoms with Gasteiger partial charge in [-0.1, -0.05) is 0 Å². The zero-order valence-electron chi connectivity index (χ0n) is 12.5. The van der Waals surface area contributed by atoms with Gasteiger partial charge in [0.1, 0.15) is 0 Å². The molecule has 0 aliphatic carbocycles. The van der Waals surface area contributed by atoms with E-state index in [-0.39, 0.29) is 12.7 Å². The number of ether oxygens (including phenoxy) is 1. The van der Waals surface area contributed by atoms with E-state index in [9.17, 15) is 0 Å². The molecule has 0 saturated heterocycles. The van der Waals surface area contributed by atoms with E-state index < -0.39 is 5.97 Å². The van der Waals surface area contributed by atoms with Gasteiger partial charge in [0.2, 0.25) is 0 Å². The Bertz CT molecular complexity index is 374. The maximum atomic E-state index is 9.00. The minimum absolute atomic E-state index is 0.218. The van der Waals surface area contributed by atoms with Crippen molar-refractivity contribution in [2.24, 2.45) is 0 Å². The molecule has 0 aliphatic rings. The molecule has 5 heteroatoms. The van der Waals surface area contributed by atoms with Crippen molar-refractivity contribution in [2.75, 3.05) is 13.7 Å². The van der Waals surface area contributed by atoms with Crippen molar-refractivity contribution in [3.8, 4) is 0 Å². The van der Waals surface area contributed by atoms with Gasteiger partial charge in [-0.05, 0) is 0 Å². The number of carbonyl (C=O) groups is 1. The van der Waals surface area contributed by atoms with Gasteiger partial charge in [0.05, 0.1) is 0 Å². The summed E-state index contributed by atoms with van der Waals surface area (Å²) in [5.41, 5.74) is 2.55. The van der Waals surface area contributed by atoms with Gasteiger partial charge in [-0.2, -0.15) is 0 Å². The molecule has 0 fully saturated rings. The first-order chi connectivity index (χ1) is 9.42. The molecule has 109 valence electrons. The number of carboxylic acid groups (broad SMARTS) is 1. The second kappa shape index (κ2) is 11.2. The van der Waals surface area contributed by atoms with E-state index in [1.165, 1.54) is 11.1 Å². The normalized spacial score (nSPS) is 13.1. The topological polar surface area (TPSA) is 66.8 Å². The molecule has 0 spiro atoms. The van der Waals surface area contributed by atoms with Crippen LogP contribution in [0.15, 0.2) is 24.3 Å². The molecule has 0 radical (unpaired) electrons. The Labute approximate surface area is 137 Å². The minimum atomic E-state index is -0.833. The van der Waals surface area contributed by atoms with Crippen molar-refractivity contribution in [1.29, 1.82) is 0 Å². The van der Waals surface area contributed by atoms with Crippen molar-refractivity contribution in [1.82, 2.24) is 0 Å². The summed E-state index contributed by atoms with van der Waals surface area (Å²) in [5.74, 6) is -0.833. The predicted octanol–water partition coefficient (Wildman–Crippen LogP) is 2.88. The van der Waals surface area contributed by atoms with Crippen molar-refractivity contribution in [2.45, 2.75) is 36.2 Å². The number of carboxylic acids is 1. The molecular weight excluding hydrogens is 445 g/mol. The fourth-order valence-corrected chi connectivity index (χ4v) is 4.79. The molecule has 0 aromatic heterocycles. The number of hydrogen-bond acceptors (Lipinski definition) is 3. The first-order valence-electron chi connectivity index (χ1n) is 6.65. The summed E-state index contributed by atoms with van der Waals surface area (Å²) in [7, 11) is 1.78. The zero-order valence-corrected chi connectivity index (χ0v) is 18.0. The standard InChI is InChI=1S/C13H19O2.C2H4O2.Hg/c1-11-6-8-12(9-7-11)13(15-2)5-3-4-10-14;1-2(3)4;/h5-9,13-14H,3-4,10H2,1-2H3;1H3,(H,3,4);. The number of benzene rings is 1. The fraction of sp³-hybridized carbons (Fsp3) is 0.533. The van der Waals surface area contributed by atoms with Crippen molar-refractivity contribution >= 4 is 5.97 Å². The number of rotatable bonds is 6. The van der Waals surface area contributed by atoms with E-state index in [4.69, 9.17) is 19.7 Å². The molecule has 4 nitrogen and oxygen atoms in total. The van der Waals surface area contributed by atoms with Crippen molar-refractivity contribution in [3.63, 3.8) is 0 Å². The summed E-state index contributed by atoms with van der Waals surface area (Å²) in [4.78, 5) is 9.00. The van der Waals surface area contributed by atoms with Crippen LogP contribution in [0.3, 0.4) is 0 Å². The quantitative estimate of drug-likeness (QED) is 0.631. The Morgan fingerprint density at radius 3 is 2.25 bits per heavy atom. The monoisotopic (exact) mass is 469 g/mol. The van der Waals surface area contributed by atoms with Gasteiger partial charge in [-0.15, -0.1) is 0 Å². The van der Waals surface area contributed by atoms with Crippen molar-refractivity contribution in [3.05, 3.63) is 35.4 Å². The second-order valence-electron chi connectivity index (χ2n) is 4.71. The molecule has 0 bridgehead atoms. The summed E-state index contributed by atoms with van der Waals surface area (Å²) >= 11 is 0.662. The van der Waals surface area contributed by atoms with Gasteiger partial charge >= 0.3 is 114 Å². The summed E-state index contributed by atoms with van der Waals surface area (Å²) in [6.07, 6.45) is 2.18. The Balaban J connectivity index is 0.000000796. The summed E-state index contributed by atoms with van der Waals surface area (Å²) in [6, 6.07) is 8.58. The van der Waals surface area contributed by atoms with Crippen LogP contribution in [-0.2, 0) is 35.7 Å². The van der Waals surface area contributed by atoms with E-state index in [0.29, 0.717) is 29.5 Å². The van der Waals surface area contributed by atoms with Crippen LogP contribution >= 0.6 is 0 Å². The van der Waals surface area contributed by atoms with Crippen molar-refractivity contribution < 1.29 is 45.9 Å². The van der Waals surface area contributed by atoms with E-state index >= 15 is 0 Å². The molecule has 2 unspecified atom stereocenters. The zero-order chi connectivity index (χ0) is 15.5. The fourth-order valence-electron chi connectivity index (χ4n) is 1.86. The van der Waals surface area contributed by atoms with E-state index in [1.54, 1.807) is 7.11 Å². The van der Waals surface area contributed by atoms with Crippen LogP contribution in [0.4, 0.5) is 0 Å². The van der Waals surface area contributed by atoms with Gasteiger partial charge in [0.15, 0.2) is 0 Å². The molecule has 0 heterocycles. The van der Waals surface area contributed by atoms with E-state index in [1.807, 2.05) is 0 Å². The molecule has 1 aromatic carbocycles. The molecule has 2 N–H and O–H groups in total. The number of aryl methyl sites for hydroxylation is 1. The molecule has 0 amide bonds. The molecule has 20 heavy (non-hydrogen) atoms. The Morgan fingerprint density at radius 2 is 1.85 bits per heavy atom. The summed E-state index contributed by atoms with van der Waals surface area (Å²) < 4.78 is 6.23. The van der Waals surface area contributed by atoms with Crippen LogP contribution in [0.1, 0.15) is 37.0 Å². The SMILES string of the molecule is CC(=O)O.COC(c1ccc(C)cc1)[CH]([Hg])CCCO. The van der Waals surface area contributed by atoms with Gasteiger partial charge in [0, 0.05) is 6.92 Å².